The van der Waals surface area contributed by atoms with Crippen molar-refractivity contribution < 1.29 is 9.15 Å². The lowest BCUT2D eigenvalue weighted by atomic mass is 10.3. The molecule has 0 aliphatic rings. The van der Waals surface area contributed by atoms with Crippen LogP contribution in [0.1, 0.15) is 25.3 Å². The summed E-state index contributed by atoms with van der Waals surface area (Å²) in [5.41, 5.74) is 1.99. The van der Waals surface area contributed by atoms with Gasteiger partial charge in [-0.2, -0.15) is 0 Å². The number of nitrogens with zero attached hydrogens (tertiary/aromatic N) is 2. The predicted molar refractivity (Wildman–Crippen MR) is 132 cm³/mol. The van der Waals surface area contributed by atoms with Gasteiger partial charge in [-0.25, -0.2) is 0 Å². The van der Waals surface area contributed by atoms with Gasteiger partial charge in [-0.05, 0) is 62.4 Å². The molecule has 0 atom stereocenters. The fourth-order valence-electron chi connectivity index (χ4n) is 2.75. The third-order valence-electron chi connectivity index (χ3n) is 4.10. The van der Waals surface area contributed by atoms with E-state index in [4.69, 9.17) is 9.15 Å². The number of halogens is 1. The van der Waals surface area contributed by atoms with E-state index in [0.717, 1.165) is 48.2 Å². The first kappa shape index (κ1) is 23.7. The summed E-state index contributed by atoms with van der Waals surface area (Å²) >= 11 is 0. The van der Waals surface area contributed by atoms with Gasteiger partial charge in [0.15, 0.2) is 5.96 Å². The van der Waals surface area contributed by atoms with Crippen molar-refractivity contribution in [3.8, 4) is 5.75 Å². The highest BCUT2D eigenvalue weighted by Crippen LogP contribution is 2.16. The van der Waals surface area contributed by atoms with Gasteiger partial charge in [0.05, 0.1) is 12.4 Å². The van der Waals surface area contributed by atoms with E-state index in [0.29, 0.717) is 6.54 Å². The van der Waals surface area contributed by atoms with E-state index < -0.39 is 0 Å². The molecule has 0 aliphatic carbocycles. The first-order chi connectivity index (χ1) is 14.2. The zero-order valence-electron chi connectivity index (χ0n) is 17.4. The van der Waals surface area contributed by atoms with Gasteiger partial charge < -0.3 is 19.8 Å². The lowest BCUT2D eigenvalue weighted by Crippen LogP contribution is -2.33. The van der Waals surface area contributed by atoms with Crippen LogP contribution < -0.4 is 15.4 Å². The molecule has 160 valence electrons. The van der Waals surface area contributed by atoms with Gasteiger partial charge in [-0.3, -0.25) is 9.98 Å². The Morgan fingerprint density at radius 1 is 1.07 bits per heavy atom. The fraction of sp³-hybridized carbons (Fsp3) is 0.304. The standard InChI is InChI=1S/C23H28N4O2.HI/c1-18(2)29-22-10-8-20(9-11-22)27-23(26-16-13-21-7-5-17-28-21)25-15-12-19-6-3-4-14-24-19;/h3-11,14,17-18H,12-13,15-16H2,1-2H3,(H2,25,26,27);1H. The van der Waals surface area contributed by atoms with Crippen molar-refractivity contribution in [2.45, 2.75) is 32.8 Å². The van der Waals surface area contributed by atoms with E-state index in [2.05, 4.69) is 20.6 Å². The minimum Gasteiger partial charge on any atom is -0.491 e. The number of nitrogens with one attached hydrogen (secondary N) is 2. The number of pyridine rings is 1. The zero-order chi connectivity index (χ0) is 20.3. The molecule has 0 fully saturated rings. The maximum Gasteiger partial charge on any atom is 0.195 e. The van der Waals surface area contributed by atoms with Crippen LogP contribution in [0.2, 0.25) is 0 Å². The Bertz CT molecular complexity index is 866. The number of furan rings is 1. The average Bonchev–Trinajstić information content (AvgIpc) is 3.23. The molecule has 0 aliphatic heterocycles. The number of anilines is 1. The molecule has 6 nitrogen and oxygen atoms in total. The smallest absolute Gasteiger partial charge is 0.195 e. The van der Waals surface area contributed by atoms with Crippen LogP contribution in [-0.4, -0.2) is 30.1 Å². The van der Waals surface area contributed by atoms with Crippen LogP contribution in [0.15, 0.2) is 76.5 Å². The molecule has 7 heteroatoms. The number of aromatic nitrogens is 1. The Kier molecular flexibility index (Phi) is 10.2. The number of hydrogen-bond donors (Lipinski definition) is 2. The van der Waals surface area contributed by atoms with Gasteiger partial charge in [0, 0.05) is 43.5 Å². The molecule has 0 spiro atoms. The molecule has 0 radical (unpaired) electrons. The lowest BCUT2D eigenvalue weighted by Gasteiger charge is -2.14. The number of hydrogen-bond acceptors (Lipinski definition) is 4. The molecule has 0 unspecified atom stereocenters. The van der Waals surface area contributed by atoms with Crippen molar-refractivity contribution in [2.24, 2.45) is 4.99 Å². The molecule has 1 aromatic carbocycles. The summed E-state index contributed by atoms with van der Waals surface area (Å²) in [7, 11) is 0. The van der Waals surface area contributed by atoms with Crippen LogP contribution in [0, 0.1) is 0 Å². The highest BCUT2D eigenvalue weighted by molar-refractivity contribution is 14.0. The normalized spacial score (nSPS) is 11.1. The molecule has 2 heterocycles. The molecule has 3 aromatic rings. The highest BCUT2D eigenvalue weighted by atomic mass is 127. The molecule has 2 N–H and O–H groups in total. The molecule has 0 saturated heterocycles. The summed E-state index contributed by atoms with van der Waals surface area (Å²) in [6.45, 7) is 5.39. The van der Waals surface area contributed by atoms with Crippen LogP contribution in [0.25, 0.3) is 0 Å². The zero-order valence-corrected chi connectivity index (χ0v) is 19.7. The van der Waals surface area contributed by atoms with Crippen LogP contribution in [-0.2, 0) is 12.8 Å². The van der Waals surface area contributed by atoms with Gasteiger partial charge >= 0.3 is 0 Å². The summed E-state index contributed by atoms with van der Waals surface area (Å²) in [5.74, 6) is 2.51. The molecule has 0 saturated carbocycles. The van der Waals surface area contributed by atoms with Gasteiger partial charge in [0.1, 0.15) is 11.5 Å². The van der Waals surface area contributed by atoms with Crippen molar-refractivity contribution in [3.05, 3.63) is 78.5 Å². The summed E-state index contributed by atoms with van der Waals surface area (Å²) in [6, 6.07) is 17.7. The largest absolute Gasteiger partial charge is 0.491 e. The van der Waals surface area contributed by atoms with Crippen molar-refractivity contribution in [1.82, 2.24) is 10.3 Å². The maximum absolute atomic E-state index is 5.70. The van der Waals surface area contributed by atoms with Gasteiger partial charge in [0.2, 0.25) is 0 Å². The third kappa shape index (κ3) is 8.44. The predicted octanol–water partition coefficient (Wildman–Crippen LogP) is 4.92. The lowest BCUT2D eigenvalue weighted by molar-refractivity contribution is 0.242. The Balaban J connectivity index is 0.00000320. The topological polar surface area (TPSA) is 71.7 Å². The summed E-state index contributed by atoms with van der Waals surface area (Å²) in [5, 5.41) is 6.74. The second-order valence-electron chi connectivity index (χ2n) is 6.87. The van der Waals surface area contributed by atoms with E-state index in [1.54, 1.807) is 6.26 Å². The van der Waals surface area contributed by atoms with Crippen molar-refractivity contribution in [3.63, 3.8) is 0 Å². The van der Waals surface area contributed by atoms with Crippen LogP contribution in [0.4, 0.5) is 5.69 Å². The third-order valence-corrected chi connectivity index (χ3v) is 4.10. The fourth-order valence-corrected chi connectivity index (χ4v) is 2.75. The number of benzene rings is 1. The summed E-state index contributed by atoms with van der Waals surface area (Å²) in [6.07, 6.45) is 5.22. The number of guanidine groups is 1. The van der Waals surface area contributed by atoms with Crippen molar-refractivity contribution in [2.75, 3.05) is 18.4 Å². The Morgan fingerprint density at radius 3 is 2.57 bits per heavy atom. The van der Waals surface area contributed by atoms with E-state index in [1.165, 1.54) is 0 Å². The number of ether oxygens (including phenoxy) is 1. The number of rotatable bonds is 9. The molecule has 0 bridgehead atoms. The quantitative estimate of drug-likeness (QED) is 0.238. The summed E-state index contributed by atoms with van der Waals surface area (Å²) < 4.78 is 11.1. The molecular weight excluding hydrogens is 491 g/mol. The number of aliphatic imine (C=N–C) groups is 1. The summed E-state index contributed by atoms with van der Waals surface area (Å²) in [4.78, 5) is 9.04. The van der Waals surface area contributed by atoms with Crippen molar-refractivity contribution in [1.29, 1.82) is 0 Å². The van der Waals surface area contributed by atoms with Gasteiger partial charge in [-0.15, -0.1) is 24.0 Å². The van der Waals surface area contributed by atoms with E-state index >= 15 is 0 Å². The van der Waals surface area contributed by atoms with E-state index in [9.17, 15) is 0 Å². The van der Waals surface area contributed by atoms with Crippen LogP contribution in [0.5, 0.6) is 5.75 Å². The first-order valence-corrected chi connectivity index (χ1v) is 9.93. The minimum atomic E-state index is 0. The van der Waals surface area contributed by atoms with E-state index in [1.807, 2.05) is 74.6 Å². The van der Waals surface area contributed by atoms with Gasteiger partial charge in [-0.1, -0.05) is 6.07 Å². The first-order valence-electron chi connectivity index (χ1n) is 9.93. The Labute approximate surface area is 195 Å². The maximum atomic E-state index is 5.70. The monoisotopic (exact) mass is 520 g/mol. The second kappa shape index (κ2) is 12.9. The minimum absolute atomic E-state index is 0. The molecular formula is C23H29IN4O2. The Hall–Kier alpha value is -2.55. The highest BCUT2D eigenvalue weighted by Gasteiger charge is 2.03. The molecule has 30 heavy (non-hydrogen) atoms. The molecule has 0 amide bonds. The van der Waals surface area contributed by atoms with Crippen molar-refractivity contribution >= 4 is 35.6 Å². The molecule has 3 rings (SSSR count). The van der Waals surface area contributed by atoms with E-state index in [-0.39, 0.29) is 30.1 Å². The van der Waals surface area contributed by atoms with Gasteiger partial charge in [0.25, 0.3) is 0 Å². The average molecular weight is 520 g/mol. The van der Waals surface area contributed by atoms with Crippen LogP contribution in [0.3, 0.4) is 0 Å². The molecule has 2 aromatic heterocycles. The Morgan fingerprint density at radius 2 is 1.90 bits per heavy atom. The second-order valence-corrected chi connectivity index (χ2v) is 6.87. The van der Waals surface area contributed by atoms with Crippen LogP contribution >= 0.6 is 24.0 Å². The SMILES string of the molecule is CC(C)Oc1ccc(NC(=NCCc2ccco2)NCCc2ccccn2)cc1.I.